The Morgan fingerprint density at radius 1 is 1.17 bits per heavy atom. The fourth-order valence-electron chi connectivity index (χ4n) is 2.83. The zero-order valence-corrected chi connectivity index (χ0v) is 13.0. The lowest BCUT2D eigenvalue weighted by Gasteiger charge is -2.31. The zero-order chi connectivity index (χ0) is 16.2. The minimum Gasteiger partial charge on any atom is -0.338 e. The highest BCUT2D eigenvalue weighted by molar-refractivity contribution is 5.95. The number of aromatic nitrogens is 3. The summed E-state index contributed by atoms with van der Waals surface area (Å²) >= 11 is 0. The molecule has 2 heterocycles. The van der Waals surface area contributed by atoms with Crippen molar-refractivity contribution >= 4 is 17.5 Å². The molecule has 0 atom stereocenters. The molecule has 1 aromatic carbocycles. The molecule has 1 fully saturated rings. The number of anilines is 1. The Bertz CT molecular complexity index is 673. The monoisotopic (exact) mass is 313 g/mol. The van der Waals surface area contributed by atoms with Crippen LogP contribution in [0.15, 0.2) is 36.7 Å². The van der Waals surface area contributed by atoms with Crippen LogP contribution in [0.5, 0.6) is 0 Å². The molecule has 23 heavy (non-hydrogen) atoms. The smallest absolute Gasteiger partial charge is 0.253 e. The number of benzene rings is 1. The number of carbonyl (C=O) groups excluding carboxylic acids is 2. The van der Waals surface area contributed by atoms with E-state index in [1.165, 1.54) is 6.92 Å². The number of hydrogen-bond acceptors (Lipinski definition) is 4. The maximum atomic E-state index is 12.5. The van der Waals surface area contributed by atoms with Crippen molar-refractivity contribution in [2.24, 2.45) is 0 Å². The van der Waals surface area contributed by atoms with E-state index in [2.05, 4.69) is 15.6 Å². The minimum atomic E-state index is -0.126. The summed E-state index contributed by atoms with van der Waals surface area (Å²) in [7, 11) is 0. The van der Waals surface area contributed by atoms with E-state index >= 15 is 0 Å². The van der Waals surface area contributed by atoms with Gasteiger partial charge in [0.1, 0.15) is 0 Å². The molecule has 2 aromatic rings. The van der Waals surface area contributed by atoms with Crippen LogP contribution in [-0.4, -0.2) is 44.8 Å². The van der Waals surface area contributed by atoms with Crippen LogP contribution in [0.3, 0.4) is 0 Å². The van der Waals surface area contributed by atoms with Gasteiger partial charge in [-0.15, -0.1) is 5.10 Å². The highest BCUT2D eigenvalue weighted by Gasteiger charge is 2.24. The molecule has 2 amide bonds. The first-order chi connectivity index (χ1) is 11.1. The second-order valence-electron chi connectivity index (χ2n) is 5.66. The van der Waals surface area contributed by atoms with E-state index in [-0.39, 0.29) is 11.8 Å². The van der Waals surface area contributed by atoms with Crippen molar-refractivity contribution in [3.63, 3.8) is 0 Å². The first-order valence-corrected chi connectivity index (χ1v) is 7.66. The molecule has 0 unspecified atom stereocenters. The van der Waals surface area contributed by atoms with E-state index in [1.807, 2.05) is 15.8 Å². The maximum Gasteiger partial charge on any atom is 0.253 e. The largest absolute Gasteiger partial charge is 0.338 e. The Balaban J connectivity index is 1.59. The quantitative estimate of drug-likeness (QED) is 0.935. The first-order valence-electron chi connectivity index (χ1n) is 7.66. The van der Waals surface area contributed by atoms with Crippen LogP contribution in [0.2, 0.25) is 0 Å². The standard InChI is InChI=1S/C16H19N5O2/c1-12(22)18-14-4-2-13(3-5-14)16(23)20-9-6-15(7-10-20)21-11-8-17-19-21/h2-5,8,11,15H,6-7,9-10H2,1H3,(H,18,22). The zero-order valence-electron chi connectivity index (χ0n) is 13.0. The lowest BCUT2D eigenvalue weighted by molar-refractivity contribution is -0.114. The SMILES string of the molecule is CC(=O)Nc1ccc(C(=O)N2CCC(n3ccnn3)CC2)cc1. The maximum absolute atomic E-state index is 12.5. The third kappa shape index (κ3) is 3.56. The third-order valence-electron chi connectivity index (χ3n) is 4.02. The predicted octanol–water partition coefficient (Wildman–Crippen LogP) is 1.71. The van der Waals surface area contributed by atoms with Crippen molar-refractivity contribution in [1.29, 1.82) is 0 Å². The Kier molecular flexibility index (Phi) is 4.36. The summed E-state index contributed by atoms with van der Waals surface area (Å²) in [4.78, 5) is 25.4. The molecule has 0 spiro atoms. The Hall–Kier alpha value is -2.70. The van der Waals surface area contributed by atoms with Crippen LogP contribution < -0.4 is 5.32 Å². The molecule has 3 rings (SSSR count). The van der Waals surface area contributed by atoms with Crippen LogP contribution in [-0.2, 0) is 4.79 Å². The van der Waals surface area contributed by atoms with Crippen molar-refractivity contribution in [2.45, 2.75) is 25.8 Å². The van der Waals surface area contributed by atoms with Gasteiger partial charge < -0.3 is 10.2 Å². The number of nitrogens with one attached hydrogen (secondary N) is 1. The molecule has 0 bridgehead atoms. The topological polar surface area (TPSA) is 80.1 Å². The van der Waals surface area contributed by atoms with E-state index in [0.717, 1.165) is 12.8 Å². The van der Waals surface area contributed by atoms with Crippen molar-refractivity contribution in [3.05, 3.63) is 42.2 Å². The van der Waals surface area contributed by atoms with Crippen LogP contribution in [0.25, 0.3) is 0 Å². The second kappa shape index (κ2) is 6.60. The Labute approximate surface area is 134 Å². The van der Waals surface area contributed by atoms with Gasteiger partial charge in [0, 0.05) is 37.5 Å². The van der Waals surface area contributed by atoms with Crippen LogP contribution in [0, 0.1) is 0 Å². The van der Waals surface area contributed by atoms with Gasteiger partial charge in [-0.2, -0.15) is 0 Å². The molecule has 1 saturated heterocycles. The summed E-state index contributed by atoms with van der Waals surface area (Å²) < 4.78 is 1.87. The van der Waals surface area contributed by atoms with Crippen LogP contribution >= 0.6 is 0 Å². The molecule has 0 aliphatic carbocycles. The number of carbonyl (C=O) groups is 2. The highest BCUT2D eigenvalue weighted by atomic mass is 16.2. The van der Waals surface area contributed by atoms with E-state index in [0.29, 0.717) is 30.4 Å². The fraction of sp³-hybridized carbons (Fsp3) is 0.375. The van der Waals surface area contributed by atoms with Crippen molar-refractivity contribution in [2.75, 3.05) is 18.4 Å². The van der Waals surface area contributed by atoms with Gasteiger partial charge in [-0.1, -0.05) is 5.21 Å². The third-order valence-corrected chi connectivity index (χ3v) is 4.02. The predicted molar refractivity (Wildman–Crippen MR) is 84.9 cm³/mol. The number of likely N-dealkylation sites (tertiary alicyclic amines) is 1. The average Bonchev–Trinajstić information content (AvgIpc) is 3.09. The number of piperidine rings is 1. The molecular formula is C16H19N5O2. The van der Waals surface area contributed by atoms with Crippen molar-refractivity contribution in [3.8, 4) is 0 Å². The number of amides is 2. The van der Waals surface area contributed by atoms with E-state index in [1.54, 1.807) is 30.5 Å². The van der Waals surface area contributed by atoms with E-state index < -0.39 is 0 Å². The van der Waals surface area contributed by atoms with Crippen molar-refractivity contribution < 1.29 is 9.59 Å². The van der Waals surface area contributed by atoms with Gasteiger partial charge in [-0.3, -0.25) is 9.59 Å². The van der Waals surface area contributed by atoms with Gasteiger partial charge in [-0.05, 0) is 37.1 Å². The molecule has 7 heteroatoms. The summed E-state index contributed by atoms with van der Waals surface area (Å²) in [6.07, 6.45) is 5.29. The number of rotatable bonds is 3. The van der Waals surface area contributed by atoms with Gasteiger partial charge in [0.25, 0.3) is 5.91 Å². The van der Waals surface area contributed by atoms with Crippen LogP contribution in [0.4, 0.5) is 5.69 Å². The van der Waals surface area contributed by atoms with Gasteiger partial charge in [0.2, 0.25) is 5.91 Å². The molecule has 1 N–H and O–H groups in total. The fourth-order valence-corrected chi connectivity index (χ4v) is 2.83. The molecule has 1 aliphatic rings. The minimum absolute atomic E-state index is 0.0245. The highest BCUT2D eigenvalue weighted by Crippen LogP contribution is 2.22. The van der Waals surface area contributed by atoms with E-state index in [4.69, 9.17) is 0 Å². The van der Waals surface area contributed by atoms with E-state index in [9.17, 15) is 9.59 Å². The summed E-state index contributed by atoms with van der Waals surface area (Å²) in [5.74, 6) is -0.101. The average molecular weight is 313 g/mol. The summed E-state index contributed by atoms with van der Waals surface area (Å²) in [5.41, 5.74) is 1.33. The summed E-state index contributed by atoms with van der Waals surface area (Å²) in [6, 6.07) is 7.30. The lowest BCUT2D eigenvalue weighted by atomic mass is 10.0. The molecule has 0 saturated carbocycles. The molecule has 7 nitrogen and oxygen atoms in total. The summed E-state index contributed by atoms with van der Waals surface area (Å²) in [6.45, 7) is 2.87. The van der Waals surface area contributed by atoms with Gasteiger partial charge >= 0.3 is 0 Å². The van der Waals surface area contributed by atoms with Gasteiger partial charge in [0.15, 0.2) is 0 Å². The van der Waals surface area contributed by atoms with Gasteiger partial charge in [-0.25, -0.2) is 4.68 Å². The normalized spacial score (nSPS) is 15.4. The Morgan fingerprint density at radius 3 is 2.43 bits per heavy atom. The first kappa shape index (κ1) is 15.2. The summed E-state index contributed by atoms with van der Waals surface area (Å²) in [5, 5.41) is 10.6. The lowest BCUT2D eigenvalue weighted by Crippen LogP contribution is -2.39. The molecular weight excluding hydrogens is 294 g/mol. The second-order valence-corrected chi connectivity index (χ2v) is 5.66. The van der Waals surface area contributed by atoms with Crippen molar-refractivity contribution in [1.82, 2.24) is 19.9 Å². The molecule has 1 aromatic heterocycles. The molecule has 0 radical (unpaired) electrons. The molecule has 120 valence electrons. The Morgan fingerprint density at radius 2 is 1.87 bits per heavy atom. The van der Waals surface area contributed by atoms with Crippen LogP contribution in [0.1, 0.15) is 36.2 Å². The molecule has 1 aliphatic heterocycles. The van der Waals surface area contributed by atoms with Gasteiger partial charge in [0.05, 0.1) is 12.2 Å². The number of hydrogen-bond donors (Lipinski definition) is 1. The number of nitrogens with zero attached hydrogens (tertiary/aromatic N) is 4.